The number of halogens is 2. The average molecular weight is 368 g/mol. The van der Waals surface area contributed by atoms with E-state index in [-0.39, 0.29) is 0 Å². The molecular weight excluding hydrogens is 348 g/mol. The maximum absolute atomic E-state index is 3.79. The summed E-state index contributed by atoms with van der Waals surface area (Å²) >= 11 is 9.27. The number of hydrogen-bond donors (Lipinski definition) is 0. The van der Waals surface area contributed by atoms with Crippen molar-refractivity contribution in [3.05, 3.63) is 20.3 Å². The zero-order valence-electron chi connectivity index (χ0n) is 10.1. The Morgan fingerprint density at radius 3 is 2.50 bits per heavy atom. The van der Waals surface area contributed by atoms with Crippen LogP contribution < -0.4 is 0 Å². The maximum atomic E-state index is 3.79. The number of unbranched alkanes of at least 4 members (excludes halogenated alkanes) is 4. The number of aryl methyl sites for hydroxylation is 1. The van der Waals surface area contributed by atoms with Crippen LogP contribution in [0, 0.1) is 6.92 Å². The van der Waals surface area contributed by atoms with E-state index in [0.29, 0.717) is 4.83 Å². The second-order valence-corrected chi connectivity index (χ2v) is 7.47. The van der Waals surface area contributed by atoms with Gasteiger partial charge in [0.2, 0.25) is 0 Å². The van der Waals surface area contributed by atoms with Crippen LogP contribution in [-0.2, 0) is 0 Å². The van der Waals surface area contributed by atoms with E-state index in [4.69, 9.17) is 0 Å². The van der Waals surface area contributed by atoms with Crippen molar-refractivity contribution in [1.29, 1.82) is 0 Å². The van der Waals surface area contributed by atoms with E-state index >= 15 is 0 Å². The summed E-state index contributed by atoms with van der Waals surface area (Å²) in [6.45, 7) is 4.43. The fourth-order valence-corrected chi connectivity index (χ4v) is 4.01. The number of alkyl halides is 1. The summed E-state index contributed by atoms with van der Waals surface area (Å²) < 4.78 is 1.25. The summed E-state index contributed by atoms with van der Waals surface area (Å²) in [5.41, 5.74) is 0. The second kappa shape index (κ2) is 7.88. The van der Waals surface area contributed by atoms with Crippen LogP contribution in [0.25, 0.3) is 0 Å². The van der Waals surface area contributed by atoms with Crippen molar-refractivity contribution in [2.24, 2.45) is 0 Å². The van der Waals surface area contributed by atoms with Gasteiger partial charge in [0, 0.05) is 19.1 Å². The zero-order chi connectivity index (χ0) is 12.0. The molecule has 0 saturated carbocycles. The third-order valence-electron chi connectivity index (χ3n) is 2.75. The highest BCUT2D eigenvalue weighted by molar-refractivity contribution is 9.10. The van der Waals surface area contributed by atoms with Crippen molar-refractivity contribution in [3.63, 3.8) is 0 Å². The topological polar surface area (TPSA) is 0 Å². The Bertz CT molecular complexity index is 287. The molecule has 1 aromatic heterocycles. The maximum Gasteiger partial charge on any atom is 0.0489 e. The highest BCUT2D eigenvalue weighted by Gasteiger charge is 2.11. The van der Waals surface area contributed by atoms with E-state index in [2.05, 4.69) is 51.8 Å². The van der Waals surface area contributed by atoms with Crippen molar-refractivity contribution in [2.75, 3.05) is 0 Å². The lowest BCUT2D eigenvalue weighted by atomic mass is 10.1. The predicted molar refractivity (Wildman–Crippen MR) is 81.8 cm³/mol. The third kappa shape index (κ3) is 4.89. The van der Waals surface area contributed by atoms with Crippen LogP contribution in [-0.4, -0.2) is 0 Å². The van der Waals surface area contributed by atoms with Gasteiger partial charge >= 0.3 is 0 Å². The Kier molecular flexibility index (Phi) is 7.25. The molecule has 1 atom stereocenters. The van der Waals surface area contributed by atoms with E-state index in [1.807, 2.05) is 11.3 Å². The molecule has 3 heteroatoms. The third-order valence-corrected chi connectivity index (χ3v) is 6.25. The van der Waals surface area contributed by atoms with E-state index in [9.17, 15) is 0 Å². The smallest absolute Gasteiger partial charge is 0.0489 e. The Labute approximate surface area is 120 Å². The molecule has 92 valence electrons. The van der Waals surface area contributed by atoms with Crippen LogP contribution in [0.5, 0.6) is 0 Å². The lowest BCUT2D eigenvalue weighted by Gasteiger charge is -2.06. The lowest BCUT2D eigenvalue weighted by molar-refractivity contribution is 0.607. The zero-order valence-corrected chi connectivity index (χ0v) is 14.1. The fraction of sp³-hybridized carbons (Fsp3) is 0.692. The average Bonchev–Trinajstić information content (AvgIpc) is 2.59. The first kappa shape index (κ1) is 14.7. The molecule has 1 aromatic rings. The highest BCUT2D eigenvalue weighted by Crippen LogP contribution is 2.37. The summed E-state index contributed by atoms with van der Waals surface area (Å²) in [7, 11) is 0. The predicted octanol–water partition coefficient (Wildman–Crippen LogP) is 6.62. The van der Waals surface area contributed by atoms with E-state index < -0.39 is 0 Å². The lowest BCUT2D eigenvalue weighted by Crippen LogP contribution is -1.86. The molecule has 0 amide bonds. The van der Waals surface area contributed by atoms with E-state index in [1.165, 1.54) is 52.8 Å². The number of thiophene rings is 1. The van der Waals surface area contributed by atoms with Gasteiger partial charge in [-0.2, -0.15) is 0 Å². The minimum atomic E-state index is 0.545. The SMILES string of the molecule is CCCCCCCC(Br)c1cc(Br)c(C)s1. The molecule has 0 aromatic carbocycles. The minimum absolute atomic E-state index is 0.545. The van der Waals surface area contributed by atoms with Gasteiger partial charge in [0.05, 0.1) is 0 Å². The molecular formula is C13H20Br2S. The monoisotopic (exact) mass is 366 g/mol. The number of hydrogen-bond acceptors (Lipinski definition) is 1. The normalized spacial score (nSPS) is 13.0. The second-order valence-electron chi connectivity index (χ2n) is 4.22. The highest BCUT2D eigenvalue weighted by atomic mass is 79.9. The molecule has 1 heterocycles. The van der Waals surface area contributed by atoms with Gasteiger partial charge < -0.3 is 0 Å². The van der Waals surface area contributed by atoms with Crippen LogP contribution in [0.1, 0.15) is 60.0 Å². The van der Waals surface area contributed by atoms with Gasteiger partial charge in [0.15, 0.2) is 0 Å². The van der Waals surface area contributed by atoms with Crippen LogP contribution in [0.4, 0.5) is 0 Å². The van der Waals surface area contributed by atoms with Crippen LogP contribution in [0.2, 0.25) is 0 Å². The molecule has 1 rings (SSSR count). The standard InChI is InChI=1S/C13H20Br2S/c1-3-4-5-6-7-8-11(14)13-9-12(15)10(2)16-13/h9,11H,3-8H2,1-2H3. The van der Waals surface area contributed by atoms with E-state index in [0.717, 1.165) is 0 Å². The van der Waals surface area contributed by atoms with Gasteiger partial charge in [-0.1, -0.05) is 55.0 Å². The van der Waals surface area contributed by atoms with Crippen molar-refractivity contribution in [1.82, 2.24) is 0 Å². The summed E-state index contributed by atoms with van der Waals surface area (Å²) in [5, 5.41) is 0. The first-order chi connectivity index (χ1) is 7.65. The molecule has 0 radical (unpaired) electrons. The molecule has 0 N–H and O–H groups in total. The van der Waals surface area contributed by atoms with Gasteiger partial charge in [-0.05, 0) is 35.3 Å². The first-order valence-electron chi connectivity index (χ1n) is 6.05. The Morgan fingerprint density at radius 1 is 1.25 bits per heavy atom. The Morgan fingerprint density at radius 2 is 1.94 bits per heavy atom. The van der Waals surface area contributed by atoms with Gasteiger partial charge in [-0.3, -0.25) is 0 Å². The van der Waals surface area contributed by atoms with Crippen LogP contribution in [0.3, 0.4) is 0 Å². The van der Waals surface area contributed by atoms with E-state index in [1.54, 1.807) is 0 Å². The van der Waals surface area contributed by atoms with Gasteiger partial charge in [-0.15, -0.1) is 11.3 Å². The fourth-order valence-electron chi connectivity index (χ4n) is 1.71. The van der Waals surface area contributed by atoms with Crippen LogP contribution in [0.15, 0.2) is 10.5 Å². The molecule has 16 heavy (non-hydrogen) atoms. The first-order valence-corrected chi connectivity index (χ1v) is 8.57. The molecule has 0 aliphatic heterocycles. The summed E-state index contributed by atoms with van der Waals surface area (Å²) in [4.78, 5) is 3.38. The molecule has 0 aliphatic rings. The van der Waals surface area contributed by atoms with Crippen molar-refractivity contribution in [3.8, 4) is 0 Å². The van der Waals surface area contributed by atoms with Gasteiger partial charge in [0.1, 0.15) is 0 Å². The molecule has 0 bridgehead atoms. The van der Waals surface area contributed by atoms with Crippen molar-refractivity contribution >= 4 is 43.2 Å². The molecule has 0 nitrogen and oxygen atoms in total. The van der Waals surface area contributed by atoms with Gasteiger partial charge in [-0.25, -0.2) is 0 Å². The summed E-state index contributed by atoms with van der Waals surface area (Å²) in [6, 6.07) is 2.26. The molecule has 0 saturated heterocycles. The molecule has 1 unspecified atom stereocenters. The van der Waals surface area contributed by atoms with Crippen LogP contribution >= 0.6 is 43.2 Å². The minimum Gasteiger partial charge on any atom is -0.143 e. The Hall–Kier alpha value is 0.660. The molecule has 0 aliphatic carbocycles. The molecule has 0 spiro atoms. The van der Waals surface area contributed by atoms with Gasteiger partial charge in [0.25, 0.3) is 0 Å². The summed E-state index contributed by atoms with van der Waals surface area (Å²) in [5.74, 6) is 0. The number of rotatable bonds is 7. The molecule has 0 fully saturated rings. The van der Waals surface area contributed by atoms with Crippen molar-refractivity contribution in [2.45, 2.75) is 57.2 Å². The Balaban J connectivity index is 2.27. The largest absolute Gasteiger partial charge is 0.143 e. The van der Waals surface area contributed by atoms with Crippen molar-refractivity contribution < 1.29 is 0 Å². The quantitative estimate of drug-likeness (QED) is 0.375. The summed E-state index contributed by atoms with van der Waals surface area (Å²) in [6.07, 6.45) is 8.08.